The zero-order valence-electron chi connectivity index (χ0n) is 8.24. The minimum absolute atomic E-state index is 0.320. The fourth-order valence-electron chi connectivity index (χ4n) is 1.34. The van der Waals surface area contributed by atoms with Crippen molar-refractivity contribution in [2.45, 2.75) is 18.9 Å². The number of nitrogens with one attached hydrogen (secondary N) is 1. The van der Waals surface area contributed by atoms with Gasteiger partial charge in [-0.1, -0.05) is 6.08 Å². The van der Waals surface area contributed by atoms with E-state index in [2.05, 4.69) is 11.9 Å². The molecule has 3 nitrogen and oxygen atoms in total. The molecule has 4 heteroatoms. The highest BCUT2D eigenvalue weighted by atomic mass is 32.2. The highest BCUT2D eigenvalue weighted by molar-refractivity contribution is 7.99. The minimum atomic E-state index is -0.707. The third kappa shape index (κ3) is 4.15. The van der Waals surface area contributed by atoms with Crippen LogP contribution < -0.4 is 5.32 Å². The van der Waals surface area contributed by atoms with Crippen LogP contribution in [-0.4, -0.2) is 35.2 Å². The third-order valence-electron chi connectivity index (χ3n) is 2.21. The van der Waals surface area contributed by atoms with Crippen molar-refractivity contribution in [1.82, 2.24) is 5.32 Å². The van der Waals surface area contributed by atoms with Gasteiger partial charge in [0.15, 0.2) is 0 Å². The van der Waals surface area contributed by atoms with E-state index in [9.17, 15) is 4.79 Å². The number of thioether (sulfide) groups is 1. The smallest absolute Gasteiger partial charge is 0.320 e. The van der Waals surface area contributed by atoms with Gasteiger partial charge in [0.05, 0.1) is 0 Å². The average molecular weight is 215 g/mol. The topological polar surface area (TPSA) is 49.3 Å². The Balaban J connectivity index is 2.07. The lowest BCUT2D eigenvalue weighted by Gasteiger charge is -2.12. The molecule has 14 heavy (non-hydrogen) atoms. The average Bonchev–Trinajstić information content (AvgIpc) is 2.94. The second-order valence-electron chi connectivity index (χ2n) is 3.47. The summed E-state index contributed by atoms with van der Waals surface area (Å²) < 4.78 is 0. The first-order valence-corrected chi connectivity index (χ1v) is 6.06. The Hall–Kier alpha value is -0.480. The van der Waals surface area contributed by atoms with Crippen LogP contribution >= 0.6 is 11.8 Å². The second-order valence-corrected chi connectivity index (χ2v) is 4.62. The Kier molecular flexibility index (Phi) is 5.04. The van der Waals surface area contributed by atoms with Gasteiger partial charge in [-0.25, -0.2) is 0 Å². The van der Waals surface area contributed by atoms with E-state index >= 15 is 0 Å². The van der Waals surface area contributed by atoms with E-state index in [-0.39, 0.29) is 6.04 Å². The summed E-state index contributed by atoms with van der Waals surface area (Å²) in [4.78, 5) is 10.8. The highest BCUT2D eigenvalue weighted by Crippen LogP contribution is 2.32. The first-order valence-electron chi connectivity index (χ1n) is 4.90. The molecule has 1 aliphatic carbocycles. The van der Waals surface area contributed by atoms with Gasteiger partial charge in [-0.15, -0.1) is 6.58 Å². The first-order chi connectivity index (χ1) is 6.75. The summed E-state index contributed by atoms with van der Waals surface area (Å²) in [5.41, 5.74) is 0. The van der Waals surface area contributed by atoms with Crippen molar-refractivity contribution < 1.29 is 9.90 Å². The lowest BCUT2D eigenvalue weighted by Crippen LogP contribution is -2.39. The van der Waals surface area contributed by atoms with E-state index < -0.39 is 5.97 Å². The van der Waals surface area contributed by atoms with Crippen molar-refractivity contribution in [2.75, 3.05) is 18.1 Å². The molecule has 1 atom stereocenters. The van der Waals surface area contributed by atoms with Gasteiger partial charge in [-0.3, -0.25) is 4.79 Å². The van der Waals surface area contributed by atoms with Gasteiger partial charge < -0.3 is 10.4 Å². The lowest BCUT2D eigenvalue weighted by molar-refractivity contribution is -0.140. The van der Waals surface area contributed by atoms with Gasteiger partial charge in [0.2, 0.25) is 0 Å². The molecule has 1 fully saturated rings. The maximum Gasteiger partial charge on any atom is 0.320 e. The van der Waals surface area contributed by atoms with Crippen molar-refractivity contribution in [1.29, 1.82) is 0 Å². The van der Waals surface area contributed by atoms with E-state index in [0.29, 0.717) is 5.92 Å². The molecular formula is C10H17NO2S. The number of carboxylic acids is 1. The molecule has 2 N–H and O–H groups in total. The Bertz CT molecular complexity index is 204. The van der Waals surface area contributed by atoms with Gasteiger partial charge in [0, 0.05) is 18.1 Å². The fourth-order valence-corrected chi connectivity index (χ4v) is 1.93. The van der Waals surface area contributed by atoms with Gasteiger partial charge >= 0.3 is 5.97 Å². The van der Waals surface area contributed by atoms with Crippen molar-refractivity contribution in [3.63, 3.8) is 0 Å². The predicted molar refractivity (Wildman–Crippen MR) is 59.7 cm³/mol. The number of hydrogen-bond acceptors (Lipinski definition) is 3. The van der Waals surface area contributed by atoms with Crippen LogP contribution in [0.25, 0.3) is 0 Å². The Labute approximate surface area is 89.0 Å². The van der Waals surface area contributed by atoms with Crippen LogP contribution in [0.3, 0.4) is 0 Å². The van der Waals surface area contributed by atoms with E-state index in [1.165, 1.54) is 0 Å². The molecule has 1 unspecified atom stereocenters. The van der Waals surface area contributed by atoms with E-state index in [1.807, 2.05) is 6.08 Å². The molecule has 0 radical (unpaired) electrons. The molecule has 0 saturated heterocycles. The largest absolute Gasteiger partial charge is 0.480 e. The van der Waals surface area contributed by atoms with Crippen LogP contribution in [0, 0.1) is 5.92 Å². The minimum Gasteiger partial charge on any atom is -0.480 e. The molecule has 1 aliphatic rings. The zero-order valence-corrected chi connectivity index (χ0v) is 9.05. The number of rotatable bonds is 8. The van der Waals surface area contributed by atoms with E-state index in [0.717, 1.165) is 30.9 Å². The SMILES string of the molecule is C=CCSCCNC(C(=O)O)C1CC1. The number of carbonyl (C=O) groups is 1. The molecule has 0 heterocycles. The zero-order chi connectivity index (χ0) is 10.4. The maximum absolute atomic E-state index is 10.8. The van der Waals surface area contributed by atoms with Crippen LogP contribution in [0.1, 0.15) is 12.8 Å². The molecule has 1 saturated carbocycles. The van der Waals surface area contributed by atoms with Crippen LogP contribution in [-0.2, 0) is 4.79 Å². The standard InChI is InChI=1S/C10H17NO2S/c1-2-6-14-7-5-11-9(10(12)13)8-3-4-8/h2,8-9,11H,1,3-7H2,(H,12,13). The second kappa shape index (κ2) is 6.09. The van der Waals surface area contributed by atoms with Gasteiger partial charge in [0.25, 0.3) is 0 Å². The maximum atomic E-state index is 10.8. The summed E-state index contributed by atoms with van der Waals surface area (Å²) >= 11 is 1.77. The summed E-state index contributed by atoms with van der Waals surface area (Å²) in [5, 5.41) is 12.0. The molecule has 0 aromatic carbocycles. The highest BCUT2D eigenvalue weighted by Gasteiger charge is 2.35. The van der Waals surface area contributed by atoms with Crippen molar-refractivity contribution in [3.8, 4) is 0 Å². The summed E-state index contributed by atoms with van der Waals surface area (Å²) in [6.07, 6.45) is 3.98. The predicted octanol–water partition coefficient (Wildman–Crippen LogP) is 1.36. The normalized spacial score (nSPS) is 17.7. The summed E-state index contributed by atoms with van der Waals surface area (Å²) in [5.74, 6) is 1.55. The van der Waals surface area contributed by atoms with E-state index in [4.69, 9.17) is 5.11 Å². The summed E-state index contributed by atoms with van der Waals surface area (Å²) in [7, 11) is 0. The molecule has 80 valence electrons. The van der Waals surface area contributed by atoms with Crippen molar-refractivity contribution >= 4 is 17.7 Å². The molecule has 0 aromatic rings. The van der Waals surface area contributed by atoms with Crippen LogP contribution in [0.15, 0.2) is 12.7 Å². The fraction of sp³-hybridized carbons (Fsp3) is 0.700. The van der Waals surface area contributed by atoms with Crippen molar-refractivity contribution in [2.24, 2.45) is 5.92 Å². The summed E-state index contributed by atoms with van der Waals surface area (Å²) in [6.45, 7) is 4.39. The Morgan fingerprint density at radius 3 is 2.93 bits per heavy atom. The molecule has 0 bridgehead atoms. The lowest BCUT2D eigenvalue weighted by atomic mass is 10.2. The number of carboxylic acid groups (broad SMARTS) is 1. The molecule has 0 amide bonds. The Morgan fingerprint density at radius 2 is 2.43 bits per heavy atom. The first kappa shape index (κ1) is 11.6. The van der Waals surface area contributed by atoms with Gasteiger partial charge in [0.1, 0.15) is 6.04 Å². The number of aliphatic carboxylic acids is 1. The van der Waals surface area contributed by atoms with Crippen LogP contribution in [0.5, 0.6) is 0 Å². The molecule has 0 aliphatic heterocycles. The molecule has 0 aromatic heterocycles. The van der Waals surface area contributed by atoms with Gasteiger partial charge in [-0.05, 0) is 18.8 Å². The third-order valence-corrected chi connectivity index (χ3v) is 3.17. The van der Waals surface area contributed by atoms with E-state index in [1.54, 1.807) is 11.8 Å². The number of hydrogen-bond donors (Lipinski definition) is 2. The van der Waals surface area contributed by atoms with Crippen LogP contribution in [0.2, 0.25) is 0 Å². The molecule has 1 rings (SSSR count). The quantitative estimate of drug-likeness (QED) is 0.474. The van der Waals surface area contributed by atoms with Crippen molar-refractivity contribution in [3.05, 3.63) is 12.7 Å². The monoisotopic (exact) mass is 215 g/mol. The Morgan fingerprint density at radius 1 is 1.71 bits per heavy atom. The summed E-state index contributed by atoms with van der Waals surface area (Å²) in [6, 6.07) is -0.320. The molecule has 0 spiro atoms. The van der Waals surface area contributed by atoms with Gasteiger partial charge in [-0.2, -0.15) is 11.8 Å². The van der Waals surface area contributed by atoms with Crippen LogP contribution in [0.4, 0.5) is 0 Å². The molecular weight excluding hydrogens is 198 g/mol.